The minimum absolute atomic E-state index is 0.0894. The topological polar surface area (TPSA) is 34.4 Å². The standard InChI is InChI=1S/C27H18ClFN2OS/c28-19-10-7-18(8-11-19)25-22-14-9-17-3-1-2-4-21(17)24(22)30-27-31(25)26(32)23(33-27)15-16-5-12-20(29)13-6-16/h1-8,10-13,15,25H,9,14H2/b23-15+/t25-/m1/s1. The molecule has 2 heterocycles. The van der Waals surface area contributed by atoms with E-state index in [-0.39, 0.29) is 17.4 Å². The van der Waals surface area contributed by atoms with Gasteiger partial charge in [-0.15, -0.1) is 0 Å². The summed E-state index contributed by atoms with van der Waals surface area (Å²) >= 11 is 7.53. The van der Waals surface area contributed by atoms with E-state index in [1.165, 1.54) is 29.0 Å². The lowest BCUT2D eigenvalue weighted by molar-refractivity contribution is 0.585. The van der Waals surface area contributed by atoms with Gasteiger partial charge in [0.15, 0.2) is 4.80 Å². The van der Waals surface area contributed by atoms with E-state index >= 15 is 0 Å². The summed E-state index contributed by atoms with van der Waals surface area (Å²) in [6.45, 7) is 0. The Labute approximate surface area is 198 Å². The first-order valence-corrected chi connectivity index (χ1v) is 11.9. The smallest absolute Gasteiger partial charge is 0.271 e. The maximum Gasteiger partial charge on any atom is 0.271 e. The zero-order chi connectivity index (χ0) is 22.5. The number of hydrogen-bond donors (Lipinski definition) is 0. The number of rotatable bonds is 2. The van der Waals surface area contributed by atoms with Crippen molar-refractivity contribution < 1.29 is 4.39 Å². The third-order valence-corrected chi connectivity index (χ3v) is 7.46. The van der Waals surface area contributed by atoms with Crippen LogP contribution in [0.25, 0.3) is 11.8 Å². The predicted octanol–water partition coefficient (Wildman–Crippen LogP) is 5.11. The molecule has 0 unspecified atom stereocenters. The summed E-state index contributed by atoms with van der Waals surface area (Å²) in [4.78, 5) is 19.3. The molecule has 0 radical (unpaired) electrons. The van der Waals surface area contributed by atoms with E-state index in [0.717, 1.165) is 40.8 Å². The summed E-state index contributed by atoms with van der Waals surface area (Å²) in [6.07, 6.45) is 3.55. The highest BCUT2D eigenvalue weighted by Gasteiger charge is 2.32. The molecule has 2 aliphatic rings. The molecule has 3 nitrogen and oxygen atoms in total. The number of thiazole rings is 1. The van der Waals surface area contributed by atoms with E-state index < -0.39 is 0 Å². The van der Waals surface area contributed by atoms with Crippen molar-refractivity contribution in [1.82, 2.24) is 4.57 Å². The van der Waals surface area contributed by atoms with Crippen LogP contribution in [0.4, 0.5) is 4.39 Å². The minimum atomic E-state index is -0.303. The Bertz CT molecular complexity index is 1600. The van der Waals surface area contributed by atoms with Crippen molar-refractivity contribution in [1.29, 1.82) is 0 Å². The normalized spacial score (nSPS) is 17.3. The van der Waals surface area contributed by atoms with Crippen LogP contribution in [-0.4, -0.2) is 4.57 Å². The monoisotopic (exact) mass is 472 g/mol. The molecule has 0 bridgehead atoms. The fraction of sp³-hybridized carbons (Fsp3) is 0.111. The third-order valence-electron chi connectivity index (χ3n) is 6.23. The maximum absolute atomic E-state index is 13.6. The largest absolute Gasteiger partial charge is 0.272 e. The molecule has 0 amide bonds. The molecule has 1 atom stereocenters. The van der Waals surface area contributed by atoms with Crippen molar-refractivity contribution in [2.24, 2.45) is 4.99 Å². The van der Waals surface area contributed by atoms with Gasteiger partial charge >= 0.3 is 0 Å². The summed E-state index contributed by atoms with van der Waals surface area (Å²) in [5, 5.41) is 0.658. The van der Waals surface area contributed by atoms with Gasteiger partial charge in [0.25, 0.3) is 5.56 Å². The van der Waals surface area contributed by atoms with E-state index in [4.69, 9.17) is 16.6 Å². The summed E-state index contributed by atoms with van der Waals surface area (Å²) in [6, 6.07) is 21.9. The number of allylic oxidation sites excluding steroid dienone is 1. The number of benzene rings is 3. The number of fused-ring (bicyclic) bond motifs is 3. The third kappa shape index (κ3) is 3.48. The van der Waals surface area contributed by atoms with Crippen molar-refractivity contribution in [3.05, 3.63) is 131 Å². The molecule has 0 saturated carbocycles. The quantitative estimate of drug-likeness (QED) is 0.399. The van der Waals surface area contributed by atoms with Gasteiger partial charge in [0.1, 0.15) is 5.82 Å². The molecule has 1 aliphatic carbocycles. The minimum Gasteiger partial charge on any atom is -0.272 e. The molecule has 0 saturated heterocycles. The first-order chi connectivity index (χ1) is 16.1. The van der Waals surface area contributed by atoms with Gasteiger partial charge in [-0.2, -0.15) is 0 Å². The first kappa shape index (κ1) is 20.3. The van der Waals surface area contributed by atoms with Gasteiger partial charge in [0.2, 0.25) is 0 Å². The molecule has 0 N–H and O–H groups in total. The first-order valence-electron chi connectivity index (χ1n) is 10.7. The molecule has 1 aromatic heterocycles. The molecule has 6 heteroatoms. The van der Waals surface area contributed by atoms with Gasteiger partial charge in [-0.1, -0.05) is 71.5 Å². The SMILES string of the molecule is O=c1/c(=C\c2ccc(F)cc2)sc2n1[C@H](c1ccc(Cl)cc1)C1=C(N=2)c2ccccc2CC1. The second-order valence-electron chi connectivity index (χ2n) is 8.22. The Morgan fingerprint density at radius 1 is 1.00 bits per heavy atom. The molecule has 1 aliphatic heterocycles. The van der Waals surface area contributed by atoms with Crippen LogP contribution in [0.2, 0.25) is 5.02 Å². The van der Waals surface area contributed by atoms with Crippen molar-refractivity contribution >= 4 is 34.7 Å². The fourth-order valence-electron chi connectivity index (χ4n) is 4.68. The Kier molecular flexibility index (Phi) is 4.89. The lowest BCUT2D eigenvalue weighted by Crippen LogP contribution is -2.38. The van der Waals surface area contributed by atoms with E-state index in [9.17, 15) is 9.18 Å². The van der Waals surface area contributed by atoms with Gasteiger partial charge < -0.3 is 0 Å². The molecule has 0 fully saturated rings. The van der Waals surface area contributed by atoms with Crippen LogP contribution >= 0.6 is 22.9 Å². The van der Waals surface area contributed by atoms with Gasteiger partial charge in [-0.3, -0.25) is 9.36 Å². The second kappa shape index (κ2) is 7.94. The number of nitrogens with zero attached hydrogens (tertiary/aromatic N) is 2. The summed E-state index contributed by atoms with van der Waals surface area (Å²) in [7, 11) is 0. The van der Waals surface area contributed by atoms with Crippen molar-refractivity contribution in [3.8, 4) is 0 Å². The van der Waals surface area contributed by atoms with Gasteiger partial charge in [0, 0.05) is 10.6 Å². The molecule has 3 aromatic carbocycles. The van der Waals surface area contributed by atoms with Crippen LogP contribution in [0, 0.1) is 5.82 Å². The highest BCUT2D eigenvalue weighted by Crippen LogP contribution is 2.41. The van der Waals surface area contributed by atoms with Gasteiger partial charge in [0.05, 0.1) is 16.3 Å². The van der Waals surface area contributed by atoms with Crippen molar-refractivity contribution in [2.75, 3.05) is 0 Å². The second-order valence-corrected chi connectivity index (χ2v) is 9.66. The molecule has 162 valence electrons. The van der Waals surface area contributed by atoms with E-state index in [0.29, 0.717) is 14.4 Å². The number of hydrogen-bond acceptors (Lipinski definition) is 3. The highest BCUT2D eigenvalue weighted by atomic mass is 35.5. The van der Waals surface area contributed by atoms with Crippen LogP contribution in [-0.2, 0) is 6.42 Å². The fourth-order valence-corrected chi connectivity index (χ4v) is 5.80. The lowest BCUT2D eigenvalue weighted by atomic mass is 9.83. The average molecular weight is 473 g/mol. The van der Waals surface area contributed by atoms with Gasteiger partial charge in [-0.25, -0.2) is 9.38 Å². The molecule has 33 heavy (non-hydrogen) atoms. The number of halogens is 2. The van der Waals surface area contributed by atoms with Crippen LogP contribution in [0.5, 0.6) is 0 Å². The molecule has 6 rings (SSSR count). The Morgan fingerprint density at radius 3 is 2.55 bits per heavy atom. The lowest BCUT2D eigenvalue weighted by Gasteiger charge is -2.30. The summed E-state index contributed by atoms with van der Waals surface area (Å²) in [5.74, 6) is -0.303. The predicted molar refractivity (Wildman–Crippen MR) is 131 cm³/mol. The Hall–Kier alpha value is -3.28. The van der Waals surface area contributed by atoms with Crippen LogP contribution in [0.1, 0.15) is 34.7 Å². The van der Waals surface area contributed by atoms with Crippen LogP contribution in [0.15, 0.2) is 88.2 Å². The average Bonchev–Trinajstić information content (AvgIpc) is 3.14. The van der Waals surface area contributed by atoms with Gasteiger partial charge in [-0.05, 0) is 65.4 Å². The van der Waals surface area contributed by atoms with E-state index in [2.05, 4.69) is 18.2 Å². The zero-order valence-corrected chi connectivity index (χ0v) is 19.0. The summed E-state index contributed by atoms with van der Waals surface area (Å²) < 4.78 is 15.7. The Morgan fingerprint density at radius 2 is 1.76 bits per heavy atom. The molecule has 4 aromatic rings. The molecule has 0 spiro atoms. The van der Waals surface area contributed by atoms with Crippen LogP contribution in [0.3, 0.4) is 0 Å². The van der Waals surface area contributed by atoms with E-state index in [1.807, 2.05) is 30.3 Å². The highest BCUT2D eigenvalue weighted by molar-refractivity contribution is 7.07. The summed E-state index contributed by atoms with van der Waals surface area (Å²) in [5.41, 5.74) is 6.22. The van der Waals surface area contributed by atoms with Crippen LogP contribution < -0.4 is 14.9 Å². The van der Waals surface area contributed by atoms with Crippen molar-refractivity contribution in [2.45, 2.75) is 18.9 Å². The van der Waals surface area contributed by atoms with Crippen molar-refractivity contribution in [3.63, 3.8) is 0 Å². The zero-order valence-electron chi connectivity index (χ0n) is 17.5. The molecular formula is C27H18ClFN2OS. The van der Waals surface area contributed by atoms with E-state index in [1.54, 1.807) is 22.8 Å². The number of aryl methyl sites for hydroxylation is 1. The Balaban J connectivity index is 1.62. The maximum atomic E-state index is 13.6. The molecular weight excluding hydrogens is 455 g/mol. The number of aromatic nitrogens is 1.